The summed E-state index contributed by atoms with van der Waals surface area (Å²) in [5.74, 6) is -0.746. The van der Waals surface area contributed by atoms with Crippen LogP contribution in [-0.2, 0) is 9.59 Å². The Balaban J connectivity index is 1.74. The fourth-order valence-corrected chi connectivity index (χ4v) is 4.04. The summed E-state index contributed by atoms with van der Waals surface area (Å²) in [4.78, 5) is 30.3. The molecule has 2 aromatic rings. The van der Waals surface area contributed by atoms with Crippen LogP contribution in [0.5, 0.6) is 0 Å². The van der Waals surface area contributed by atoms with Crippen LogP contribution in [0.3, 0.4) is 0 Å². The number of carbonyl (C=O) groups excluding carboxylic acids is 2. The van der Waals surface area contributed by atoms with Crippen LogP contribution in [0.15, 0.2) is 35.7 Å². The lowest BCUT2D eigenvalue weighted by Crippen LogP contribution is -2.39. The summed E-state index contributed by atoms with van der Waals surface area (Å²) in [6.07, 6.45) is 0.575. The molecule has 3 rings (SSSR count). The van der Waals surface area contributed by atoms with Crippen molar-refractivity contribution in [2.24, 2.45) is 5.92 Å². The van der Waals surface area contributed by atoms with Crippen molar-refractivity contribution in [2.45, 2.75) is 33.2 Å². The molecule has 0 radical (unpaired) electrons. The number of amides is 2. The highest BCUT2D eigenvalue weighted by molar-refractivity contribution is 7.10. The normalized spacial score (nSPS) is 18.5. The highest BCUT2D eigenvalue weighted by atomic mass is 32.1. The smallest absolute Gasteiger partial charge is 0.239 e. The van der Waals surface area contributed by atoms with Crippen LogP contribution in [0, 0.1) is 19.8 Å². The minimum absolute atomic E-state index is 0.0176. The molecule has 2 atom stereocenters. The van der Waals surface area contributed by atoms with Gasteiger partial charge in [-0.3, -0.25) is 9.59 Å². The average molecular weight is 356 g/mol. The molecule has 1 aromatic heterocycles. The fourth-order valence-electron chi connectivity index (χ4n) is 3.22. The molecule has 25 heavy (non-hydrogen) atoms. The van der Waals surface area contributed by atoms with Gasteiger partial charge < -0.3 is 9.80 Å². The van der Waals surface area contributed by atoms with Crippen molar-refractivity contribution in [3.05, 3.63) is 51.7 Å². The molecule has 0 N–H and O–H groups in total. The molecule has 2 amide bonds. The van der Waals surface area contributed by atoms with Gasteiger partial charge in [0.25, 0.3) is 0 Å². The Bertz CT molecular complexity index is 785. The summed E-state index contributed by atoms with van der Waals surface area (Å²) in [5, 5.41) is 2.01. The van der Waals surface area contributed by atoms with E-state index >= 15 is 0 Å². The molecule has 0 spiro atoms. The average Bonchev–Trinajstić information content (AvgIpc) is 3.25. The lowest BCUT2D eigenvalue weighted by Gasteiger charge is -2.26. The molecule has 132 valence electrons. The Hall–Kier alpha value is -2.14. The molecule has 2 heterocycles. The van der Waals surface area contributed by atoms with Crippen LogP contribution in [-0.4, -0.2) is 30.3 Å². The lowest BCUT2D eigenvalue weighted by atomic mass is 10.1. The summed E-state index contributed by atoms with van der Waals surface area (Å²) in [7, 11) is 1.79. The maximum Gasteiger partial charge on any atom is 0.239 e. The van der Waals surface area contributed by atoms with Gasteiger partial charge in [-0.1, -0.05) is 12.1 Å². The minimum atomic E-state index is -0.575. The van der Waals surface area contributed by atoms with Crippen LogP contribution < -0.4 is 4.90 Å². The Kier molecular flexibility index (Phi) is 4.95. The Labute approximate surface area is 153 Å². The molecule has 1 aliphatic rings. The minimum Gasteiger partial charge on any atom is -0.337 e. The van der Waals surface area contributed by atoms with Gasteiger partial charge in [-0.2, -0.15) is 0 Å². The summed E-state index contributed by atoms with van der Waals surface area (Å²) >= 11 is 1.63. The largest absolute Gasteiger partial charge is 0.337 e. The van der Waals surface area contributed by atoms with E-state index in [2.05, 4.69) is 6.92 Å². The number of aryl methyl sites for hydroxylation is 2. The first-order valence-electron chi connectivity index (χ1n) is 8.59. The van der Waals surface area contributed by atoms with Crippen LogP contribution >= 0.6 is 11.3 Å². The first kappa shape index (κ1) is 17.7. The molecule has 0 saturated carbocycles. The number of rotatable bonds is 4. The van der Waals surface area contributed by atoms with E-state index in [1.54, 1.807) is 28.2 Å². The van der Waals surface area contributed by atoms with Crippen molar-refractivity contribution in [2.75, 3.05) is 18.5 Å². The van der Waals surface area contributed by atoms with Gasteiger partial charge in [0.2, 0.25) is 11.8 Å². The van der Waals surface area contributed by atoms with E-state index < -0.39 is 5.92 Å². The summed E-state index contributed by atoms with van der Waals surface area (Å²) in [6, 6.07) is 10.0. The number of anilines is 1. The topological polar surface area (TPSA) is 40.6 Å². The Morgan fingerprint density at radius 1 is 1.28 bits per heavy atom. The van der Waals surface area contributed by atoms with Crippen LogP contribution in [0.25, 0.3) is 0 Å². The number of hydrogen-bond donors (Lipinski definition) is 0. The summed E-state index contributed by atoms with van der Waals surface area (Å²) in [5.41, 5.74) is 3.24. The third kappa shape index (κ3) is 3.33. The van der Waals surface area contributed by atoms with Crippen LogP contribution in [0.2, 0.25) is 0 Å². The van der Waals surface area contributed by atoms with E-state index in [1.807, 2.05) is 49.6 Å². The fraction of sp³-hybridized carbons (Fsp3) is 0.400. The number of hydrogen-bond acceptors (Lipinski definition) is 3. The van der Waals surface area contributed by atoms with Gasteiger partial charge in [-0.25, -0.2) is 0 Å². The molecule has 0 aliphatic carbocycles. The van der Waals surface area contributed by atoms with Gasteiger partial charge in [0.15, 0.2) is 0 Å². The van der Waals surface area contributed by atoms with Gasteiger partial charge >= 0.3 is 0 Å². The van der Waals surface area contributed by atoms with Crippen molar-refractivity contribution in [3.8, 4) is 0 Å². The number of nitrogens with zero attached hydrogens (tertiary/aromatic N) is 2. The number of carbonyl (C=O) groups is 2. The third-order valence-corrected chi connectivity index (χ3v) is 6.23. The van der Waals surface area contributed by atoms with Crippen molar-refractivity contribution >= 4 is 28.8 Å². The quantitative estimate of drug-likeness (QED) is 0.779. The predicted molar refractivity (Wildman–Crippen MR) is 102 cm³/mol. The van der Waals surface area contributed by atoms with E-state index in [-0.39, 0.29) is 17.9 Å². The molecule has 1 aromatic carbocycles. The zero-order chi connectivity index (χ0) is 18.1. The second kappa shape index (κ2) is 7.00. The molecule has 1 fully saturated rings. The van der Waals surface area contributed by atoms with Crippen LogP contribution in [0.1, 0.15) is 35.4 Å². The van der Waals surface area contributed by atoms with E-state index in [1.165, 1.54) is 5.56 Å². The SMILES string of the molecule is Cc1ccc(N2CCC(C(=O)N(C)C(C)c3cccs3)C2=O)cc1C. The molecular weight excluding hydrogens is 332 g/mol. The van der Waals surface area contributed by atoms with Gasteiger partial charge in [-0.05, 0) is 61.9 Å². The van der Waals surface area contributed by atoms with E-state index in [9.17, 15) is 9.59 Å². The predicted octanol–water partition coefficient (Wildman–Crippen LogP) is 3.94. The molecule has 4 nitrogen and oxygen atoms in total. The molecule has 2 unspecified atom stereocenters. The first-order chi connectivity index (χ1) is 11.9. The molecule has 1 aliphatic heterocycles. The third-order valence-electron chi connectivity index (χ3n) is 5.19. The molecule has 0 bridgehead atoms. The zero-order valence-electron chi connectivity index (χ0n) is 15.2. The van der Waals surface area contributed by atoms with Crippen molar-refractivity contribution < 1.29 is 9.59 Å². The lowest BCUT2D eigenvalue weighted by molar-refractivity contribution is -0.140. The monoisotopic (exact) mass is 356 g/mol. The Morgan fingerprint density at radius 2 is 2.04 bits per heavy atom. The highest BCUT2D eigenvalue weighted by Gasteiger charge is 2.40. The van der Waals surface area contributed by atoms with E-state index in [0.717, 1.165) is 16.1 Å². The zero-order valence-corrected chi connectivity index (χ0v) is 16.0. The van der Waals surface area contributed by atoms with E-state index in [4.69, 9.17) is 0 Å². The molecule has 1 saturated heterocycles. The maximum absolute atomic E-state index is 12.9. The second-order valence-corrected chi connectivity index (χ2v) is 7.72. The number of benzene rings is 1. The van der Waals surface area contributed by atoms with Crippen molar-refractivity contribution in [1.29, 1.82) is 0 Å². The van der Waals surface area contributed by atoms with Gasteiger partial charge in [0, 0.05) is 24.2 Å². The van der Waals surface area contributed by atoms with Crippen LogP contribution in [0.4, 0.5) is 5.69 Å². The second-order valence-electron chi connectivity index (χ2n) is 6.74. The maximum atomic E-state index is 12.9. The Morgan fingerprint density at radius 3 is 2.68 bits per heavy atom. The van der Waals surface area contributed by atoms with E-state index in [0.29, 0.717) is 13.0 Å². The van der Waals surface area contributed by atoms with Crippen molar-refractivity contribution in [3.63, 3.8) is 0 Å². The first-order valence-corrected chi connectivity index (χ1v) is 9.47. The molecular formula is C20H24N2O2S. The summed E-state index contributed by atoms with van der Waals surface area (Å²) in [6.45, 7) is 6.69. The van der Waals surface area contributed by atoms with Gasteiger partial charge in [-0.15, -0.1) is 11.3 Å². The number of thiophene rings is 1. The highest BCUT2D eigenvalue weighted by Crippen LogP contribution is 2.30. The van der Waals surface area contributed by atoms with Crippen molar-refractivity contribution in [1.82, 2.24) is 4.90 Å². The standard InChI is InChI=1S/C20H24N2O2S/c1-13-7-8-16(12-14(13)2)22-10-9-17(20(22)24)19(23)21(4)15(3)18-6-5-11-25-18/h5-8,11-12,15,17H,9-10H2,1-4H3. The van der Waals surface area contributed by atoms with Gasteiger partial charge in [0.05, 0.1) is 6.04 Å². The van der Waals surface area contributed by atoms with Gasteiger partial charge in [0.1, 0.15) is 5.92 Å². The molecule has 5 heteroatoms. The summed E-state index contributed by atoms with van der Waals surface area (Å²) < 4.78 is 0.